The van der Waals surface area contributed by atoms with Gasteiger partial charge in [0.25, 0.3) is 5.91 Å². The summed E-state index contributed by atoms with van der Waals surface area (Å²) in [5, 5.41) is 12.8. The van der Waals surface area contributed by atoms with Crippen molar-refractivity contribution in [2.45, 2.75) is 34.6 Å². The van der Waals surface area contributed by atoms with Crippen molar-refractivity contribution in [2.75, 3.05) is 65.3 Å². The van der Waals surface area contributed by atoms with Crippen LogP contribution in [0, 0.1) is 6.92 Å². The average molecular weight is 564 g/mol. The predicted octanol–water partition coefficient (Wildman–Crippen LogP) is 4.77. The van der Waals surface area contributed by atoms with Crippen LogP contribution in [0.1, 0.15) is 43.6 Å². The van der Waals surface area contributed by atoms with Crippen LogP contribution in [0.2, 0.25) is 0 Å². The van der Waals surface area contributed by atoms with Gasteiger partial charge in [-0.2, -0.15) is 0 Å². The number of fused-ring (bicyclic) bond motifs is 1. The zero-order valence-corrected chi connectivity index (χ0v) is 24.6. The lowest BCUT2D eigenvalue weighted by molar-refractivity contribution is -0.0980. The summed E-state index contributed by atoms with van der Waals surface area (Å²) in [6.07, 6.45) is 0. The van der Waals surface area contributed by atoms with Crippen molar-refractivity contribution in [3.8, 4) is 11.5 Å². The minimum Gasteiger partial charge on any atom is -0.504 e. The Bertz CT molecular complexity index is 1070. The third-order valence-corrected chi connectivity index (χ3v) is 4.75. The minimum atomic E-state index is -0.375. The number of phenols is 1. The maximum absolute atomic E-state index is 12.6. The number of aromatic hydroxyl groups is 1. The fourth-order valence-electron chi connectivity index (χ4n) is 3.03. The molecule has 2 aromatic carbocycles. The summed E-state index contributed by atoms with van der Waals surface area (Å²) in [5.41, 5.74) is 3.02. The van der Waals surface area contributed by atoms with Crippen LogP contribution in [0.25, 0.3) is 11.0 Å². The highest BCUT2D eigenvalue weighted by atomic mass is 16.6. The second-order valence-electron chi connectivity index (χ2n) is 7.42. The van der Waals surface area contributed by atoms with E-state index in [1.807, 2.05) is 59.6 Å². The van der Waals surface area contributed by atoms with Gasteiger partial charge in [-0.15, -0.1) is 0 Å². The number of nitrogens with one attached hydrogen (secondary N) is 2. The Labute approximate surface area is 237 Å². The summed E-state index contributed by atoms with van der Waals surface area (Å²) in [6.45, 7) is 15.5. The third kappa shape index (κ3) is 14.0. The number of nitrogens with zero attached hydrogens (tertiary/aromatic N) is 1. The van der Waals surface area contributed by atoms with Crippen molar-refractivity contribution in [1.82, 2.24) is 9.97 Å². The second kappa shape index (κ2) is 23.4. The molecule has 0 saturated carbocycles. The Hall–Kier alpha value is -3.51. The zero-order chi connectivity index (χ0) is 30.2. The number of amides is 1. The van der Waals surface area contributed by atoms with E-state index >= 15 is 0 Å². The van der Waals surface area contributed by atoms with E-state index in [2.05, 4.69) is 15.3 Å². The van der Waals surface area contributed by atoms with Gasteiger partial charge in [0.1, 0.15) is 13.4 Å². The number of H-pyrrole nitrogens is 1. The minimum absolute atomic E-state index is 0.0624. The number of ether oxygens (including phenoxy) is 5. The SMILES string of the molecule is C=O.CC.CC.COCCOCCOCCOCCOc1cc(C(=O)Nc2nc3ccc(C)cc3[nH]2)ccc1O. The topological polar surface area (TPSA) is 141 Å². The number of carbonyl (C=O) groups excluding carboxylic acids is 2. The first-order chi connectivity index (χ1) is 19.6. The molecular formula is C29H45N3O8. The molecule has 40 heavy (non-hydrogen) atoms. The normalized spacial score (nSPS) is 9.85. The number of imidazole rings is 1. The summed E-state index contributed by atoms with van der Waals surface area (Å²) in [7, 11) is 1.63. The lowest BCUT2D eigenvalue weighted by atomic mass is 10.2. The molecule has 1 amide bonds. The molecule has 1 heterocycles. The van der Waals surface area contributed by atoms with Crippen LogP contribution in [-0.2, 0) is 23.7 Å². The zero-order valence-electron chi connectivity index (χ0n) is 24.6. The average Bonchev–Trinajstić information content (AvgIpc) is 3.38. The predicted molar refractivity (Wildman–Crippen MR) is 157 cm³/mol. The van der Waals surface area contributed by atoms with E-state index in [9.17, 15) is 9.90 Å². The molecular weight excluding hydrogens is 518 g/mol. The van der Waals surface area contributed by atoms with Crippen LogP contribution in [0.15, 0.2) is 36.4 Å². The number of benzene rings is 2. The molecule has 0 aliphatic rings. The highest BCUT2D eigenvalue weighted by Gasteiger charge is 2.13. The number of methoxy groups -OCH3 is 1. The number of aromatic nitrogens is 2. The Balaban J connectivity index is 0.00000237. The highest BCUT2D eigenvalue weighted by Crippen LogP contribution is 2.27. The van der Waals surface area contributed by atoms with Gasteiger partial charge in [0.15, 0.2) is 11.5 Å². The van der Waals surface area contributed by atoms with Gasteiger partial charge >= 0.3 is 0 Å². The van der Waals surface area contributed by atoms with E-state index in [4.69, 9.17) is 28.5 Å². The van der Waals surface area contributed by atoms with Gasteiger partial charge in [-0.05, 0) is 42.8 Å². The number of hydrogen-bond acceptors (Lipinski definition) is 9. The van der Waals surface area contributed by atoms with E-state index in [1.165, 1.54) is 18.2 Å². The molecule has 3 rings (SSSR count). The molecule has 3 N–H and O–H groups in total. The van der Waals surface area contributed by atoms with E-state index in [0.717, 1.165) is 16.6 Å². The van der Waals surface area contributed by atoms with Crippen molar-refractivity contribution >= 4 is 29.7 Å². The van der Waals surface area contributed by atoms with Gasteiger partial charge < -0.3 is 38.6 Å². The van der Waals surface area contributed by atoms with Crippen LogP contribution in [0.3, 0.4) is 0 Å². The monoisotopic (exact) mass is 563 g/mol. The van der Waals surface area contributed by atoms with Crippen LogP contribution in [0.4, 0.5) is 5.95 Å². The molecule has 0 fully saturated rings. The maximum Gasteiger partial charge on any atom is 0.258 e. The highest BCUT2D eigenvalue weighted by molar-refractivity contribution is 6.04. The van der Waals surface area contributed by atoms with E-state index in [1.54, 1.807) is 7.11 Å². The summed E-state index contributed by atoms with van der Waals surface area (Å²) in [6, 6.07) is 10.2. The van der Waals surface area contributed by atoms with E-state index < -0.39 is 0 Å². The molecule has 11 heteroatoms. The quantitative estimate of drug-likeness (QED) is 0.223. The maximum atomic E-state index is 12.6. The summed E-state index contributed by atoms with van der Waals surface area (Å²) < 4.78 is 26.6. The van der Waals surface area contributed by atoms with E-state index in [0.29, 0.717) is 57.8 Å². The number of aromatic amines is 1. The van der Waals surface area contributed by atoms with Crippen LogP contribution < -0.4 is 10.1 Å². The third-order valence-electron chi connectivity index (χ3n) is 4.75. The fraction of sp³-hybridized carbons (Fsp3) is 0.483. The van der Waals surface area contributed by atoms with Gasteiger partial charge in [-0.25, -0.2) is 4.98 Å². The van der Waals surface area contributed by atoms with Gasteiger partial charge in [0.05, 0.1) is 57.3 Å². The molecule has 0 radical (unpaired) electrons. The number of carbonyl (C=O) groups is 2. The molecule has 0 unspecified atom stereocenters. The first-order valence-electron chi connectivity index (χ1n) is 13.3. The van der Waals surface area contributed by atoms with Crippen molar-refractivity contribution in [3.63, 3.8) is 0 Å². The van der Waals surface area contributed by atoms with Crippen LogP contribution in [0.5, 0.6) is 11.5 Å². The molecule has 0 atom stereocenters. The molecule has 0 aliphatic heterocycles. The molecule has 0 spiro atoms. The van der Waals surface area contributed by atoms with Crippen molar-refractivity contribution in [1.29, 1.82) is 0 Å². The molecule has 0 saturated heterocycles. The van der Waals surface area contributed by atoms with Gasteiger partial charge in [-0.3, -0.25) is 10.1 Å². The molecule has 11 nitrogen and oxygen atoms in total. The Morgan fingerprint density at radius 1 is 0.875 bits per heavy atom. The van der Waals surface area contributed by atoms with Gasteiger partial charge in [-0.1, -0.05) is 33.8 Å². The van der Waals surface area contributed by atoms with Gasteiger partial charge in [0, 0.05) is 12.7 Å². The number of rotatable bonds is 15. The Kier molecular flexibility index (Phi) is 21.3. The second-order valence-corrected chi connectivity index (χ2v) is 7.42. The molecule has 224 valence electrons. The Morgan fingerprint density at radius 3 is 2.05 bits per heavy atom. The number of hydrogen-bond donors (Lipinski definition) is 3. The van der Waals surface area contributed by atoms with Crippen molar-refractivity contribution in [2.24, 2.45) is 0 Å². The smallest absolute Gasteiger partial charge is 0.258 e. The largest absolute Gasteiger partial charge is 0.504 e. The van der Waals surface area contributed by atoms with Crippen molar-refractivity contribution in [3.05, 3.63) is 47.5 Å². The lowest BCUT2D eigenvalue weighted by Gasteiger charge is -2.10. The molecule has 3 aromatic rings. The fourth-order valence-corrected chi connectivity index (χ4v) is 3.03. The van der Waals surface area contributed by atoms with E-state index in [-0.39, 0.29) is 24.0 Å². The number of aryl methyl sites for hydroxylation is 1. The lowest BCUT2D eigenvalue weighted by Crippen LogP contribution is -2.14. The van der Waals surface area contributed by atoms with Crippen LogP contribution in [-0.4, -0.2) is 87.7 Å². The standard InChI is InChI=1S/C24H31N3O7.2C2H6.CH2O/c1-17-3-5-19-20(15-17)26-24(25-19)27-23(29)18-4-6-21(28)22(16-18)34-14-13-33-12-11-32-10-9-31-8-7-30-2;3*1-2/h3-6,15-16,28H,7-14H2,1-2H3,(H2,25,26,27,29);2*1-2H3;1H2. The summed E-state index contributed by atoms with van der Waals surface area (Å²) in [4.78, 5) is 28.1. The first kappa shape index (κ1) is 36.5. The Morgan fingerprint density at radius 2 is 1.45 bits per heavy atom. The van der Waals surface area contributed by atoms with Crippen molar-refractivity contribution < 1.29 is 38.4 Å². The van der Waals surface area contributed by atoms with Gasteiger partial charge in [0.2, 0.25) is 5.95 Å². The summed E-state index contributed by atoms with van der Waals surface area (Å²) in [5.74, 6) is 0.104. The first-order valence-corrected chi connectivity index (χ1v) is 13.3. The summed E-state index contributed by atoms with van der Waals surface area (Å²) >= 11 is 0. The van der Waals surface area contributed by atoms with Crippen LogP contribution >= 0.6 is 0 Å². The molecule has 0 aliphatic carbocycles. The molecule has 1 aromatic heterocycles. The molecule has 0 bridgehead atoms. The number of phenolic OH excluding ortho intramolecular Hbond substituents is 1. The number of anilines is 1.